The first kappa shape index (κ1) is 18.9. The molecule has 0 unspecified atom stereocenters. The Morgan fingerprint density at radius 3 is 2.48 bits per heavy atom. The van der Waals surface area contributed by atoms with Gasteiger partial charge in [-0.15, -0.1) is 0 Å². The molecule has 0 fully saturated rings. The van der Waals surface area contributed by atoms with Gasteiger partial charge in [0.2, 0.25) is 5.43 Å². The highest BCUT2D eigenvalue weighted by Crippen LogP contribution is 2.27. The van der Waals surface area contributed by atoms with Gasteiger partial charge in [-0.1, -0.05) is 35.9 Å². The van der Waals surface area contributed by atoms with Crippen molar-refractivity contribution in [3.05, 3.63) is 99.1 Å². The number of halogens is 2. The van der Waals surface area contributed by atoms with E-state index < -0.39 is 11.8 Å². The van der Waals surface area contributed by atoms with Gasteiger partial charge in [-0.25, -0.2) is 9.18 Å². The minimum Gasteiger partial charge on any atom is -0.460 e. The molecular weight excluding hydrogens is 395 g/mol. The van der Waals surface area contributed by atoms with Gasteiger partial charge in [0.15, 0.2) is 0 Å². The molecular formula is C23H14ClFO4. The zero-order chi connectivity index (χ0) is 20.5. The minimum atomic E-state index is -0.834. The van der Waals surface area contributed by atoms with Gasteiger partial charge in [0.1, 0.15) is 22.9 Å². The van der Waals surface area contributed by atoms with E-state index >= 15 is 0 Å². The van der Waals surface area contributed by atoms with E-state index in [-0.39, 0.29) is 22.3 Å². The second-order valence-electron chi connectivity index (χ2n) is 6.40. The molecule has 4 nitrogen and oxygen atoms in total. The summed E-state index contributed by atoms with van der Waals surface area (Å²) in [5.74, 6) is -0.942. The molecule has 0 amide bonds. The fourth-order valence-electron chi connectivity index (χ4n) is 3.09. The summed E-state index contributed by atoms with van der Waals surface area (Å²) in [4.78, 5) is 25.2. The molecule has 0 aliphatic carbocycles. The van der Waals surface area contributed by atoms with Crippen LogP contribution in [0.25, 0.3) is 22.1 Å². The van der Waals surface area contributed by atoms with Crippen LogP contribution in [0.5, 0.6) is 5.75 Å². The van der Waals surface area contributed by atoms with Gasteiger partial charge in [-0.05, 0) is 48.9 Å². The molecule has 0 bridgehead atoms. The lowest BCUT2D eigenvalue weighted by molar-refractivity contribution is 0.0730. The number of ether oxygens (including phenoxy) is 1. The number of carbonyl (C=O) groups is 1. The molecule has 4 aromatic rings. The summed E-state index contributed by atoms with van der Waals surface area (Å²) in [6.45, 7) is 1.68. The Morgan fingerprint density at radius 1 is 1.03 bits per heavy atom. The van der Waals surface area contributed by atoms with Gasteiger partial charge < -0.3 is 9.15 Å². The van der Waals surface area contributed by atoms with Crippen molar-refractivity contribution in [2.24, 2.45) is 0 Å². The second-order valence-corrected chi connectivity index (χ2v) is 6.83. The maximum absolute atomic E-state index is 13.8. The van der Waals surface area contributed by atoms with Crippen LogP contribution < -0.4 is 10.2 Å². The Kier molecular flexibility index (Phi) is 4.91. The summed E-state index contributed by atoms with van der Waals surface area (Å²) in [6, 6.07) is 16.9. The molecule has 0 aliphatic rings. The van der Waals surface area contributed by atoms with Crippen LogP contribution in [0.15, 0.2) is 75.9 Å². The molecule has 29 heavy (non-hydrogen) atoms. The third-order valence-corrected chi connectivity index (χ3v) is 4.73. The van der Waals surface area contributed by atoms with Gasteiger partial charge in [0.05, 0.1) is 16.5 Å². The number of rotatable bonds is 3. The monoisotopic (exact) mass is 408 g/mol. The second kappa shape index (κ2) is 7.53. The highest BCUT2D eigenvalue weighted by atomic mass is 35.5. The highest BCUT2D eigenvalue weighted by Gasteiger charge is 2.17. The molecule has 6 heteroatoms. The first-order valence-electron chi connectivity index (χ1n) is 8.74. The quantitative estimate of drug-likeness (QED) is 0.318. The minimum absolute atomic E-state index is 0.146. The lowest BCUT2D eigenvalue weighted by atomic mass is 10.0. The maximum Gasteiger partial charge on any atom is 0.346 e. The normalized spacial score (nSPS) is 10.9. The molecule has 0 saturated heterocycles. The summed E-state index contributed by atoms with van der Waals surface area (Å²) >= 11 is 5.92. The largest absolute Gasteiger partial charge is 0.460 e. The smallest absolute Gasteiger partial charge is 0.346 e. The summed E-state index contributed by atoms with van der Waals surface area (Å²) in [7, 11) is 0. The summed E-state index contributed by atoms with van der Waals surface area (Å²) < 4.78 is 24.8. The van der Waals surface area contributed by atoms with Crippen LogP contribution in [-0.2, 0) is 0 Å². The van der Waals surface area contributed by atoms with Crippen LogP contribution in [0, 0.1) is 12.7 Å². The van der Waals surface area contributed by atoms with Crippen molar-refractivity contribution < 1.29 is 18.3 Å². The Balaban J connectivity index is 1.73. The molecule has 3 aromatic carbocycles. The van der Waals surface area contributed by atoms with Crippen molar-refractivity contribution in [1.82, 2.24) is 0 Å². The Morgan fingerprint density at radius 2 is 1.76 bits per heavy atom. The number of hydrogen-bond donors (Lipinski definition) is 0. The summed E-state index contributed by atoms with van der Waals surface area (Å²) in [5.41, 5.74) is 1.01. The van der Waals surface area contributed by atoms with Crippen LogP contribution in [0.2, 0.25) is 5.02 Å². The molecule has 0 radical (unpaired) electrons. The van der Waals surface area contributed by atoms with Crippen LogP contribution in [0.4, 0.5) is 4.39 Å². The Labute approximate surface area is 170 Å². The van der Waals surface area contributed by atoms with E-state index in [4.69, 9.17) is 20.8 Å². The van der Waals surface area contributed by atoms with Crippen molar-refractivity contribution in [2.75, 3.05) is 0 Å². The molecule has 144 valence electrons. The molecule has 0 spiro atoms. The van der Waals surface area contributed by atoms with Crippen molar-refractivity contribution >= 4 is 28.5 Å². The van der Waals surface area contributed by atoms with Gasteiger partial charge in [0, 0.05) is 11.1 Å². The van der Waals surface area contributed by atoms with E-state index in [1.165, 1.54) is 36.4 Å². The third kappa shape index (κ3) is 3.65. The van der Waals surface area contributed by atoms with E-state index in [1.807, 2.05) is 0 Å². The van der Waals surface area contributed by atoms with Crippen molar-refractivity contribution in [3.63, 3.8) is 0 Å². The predicted molar refractivity (Wildman–Crippen MR) is 109 cm³/mol. The SMILES string of the molecule is Cc1oc2cc(OC(=O)c3ccccc3F)ccc2c(=O)c1-c1ccc(Cl)cc1. The number of benzene rings is 3. The third-order valence-electron chi connectivity index (χ3n) is 4.48. The molecule has 1 heterocycles. The van der Waals surface area contributed by atoms with Crippen LogP contribution >= 0.6 is 11.6 Å². The lowest BCUT2D eigenvalue weighted by Gasteiger charge is -2.09. The first-order valence-corrected chi connectivity index (χ1v) is 9.12. The molecule has 0 atom stereocenters. The van der Waals surface area contributed by atoms with Crippen LogP contribution in [0.1, 0.15) is 16.1 Å². The number of aryl methyl sites for hydroxylation is 1. The van der Waals surface area contributed by atoms with E-state index in [1.54, 1.807) is 37.3 Å². The van der Waals surface area contributed by atoms with Crippen molar-refractivity contribution in [1.29, 1.82) is 0 Å². The zero-order valence-corrected chi connectivity index (χ0v) is 16.0. The number of fused-ring (bicyclic) bond motifs is 1. The fraction of sp³-hybridized carbons (Fsp3) is 0.0435. The summed E-state index contributed by atoms with van der Waals surface area (Å²) in [5, 5.41) is 0.907. The van der Waals surface area contributed by atoms with Crippen LogP contribution in [0.3, 0.4) is 0 Å². The average molecular weight is 409 g/mol. The molecule has 0 N–H and O–H groups in total. The standard InChI is InChI=1S/C23H14ClFO4/c1-13-21(14-6-8-15(24)9-7-14)22(26)18-11-10-16(12-20(18)28-13)29-23(27)17-4-2-3-5-19(17)25/h2-12H,1H3. The first-order chi connectivity index (χ1) is 13.9. The van der Waals surface area contributed by atoms with Gasteiger partial charge in [0.25, 0.3) is 0 Å². The fourth-order valence-corrected chi connectivity index (χ4v) is 3.21. The van der Waals surface area contributed by atoms with E-state index in [2.05, 4.69) is 0 Å². The van der Waals surface area contributed by atoms with Crippen molar-refractivity contribution in [2.45, 2.75) is 6.92 Å². The van der Waals surface area contributed by atoms with E-state index in [0.717, 1.165) is 0 Å². The predicted octanol–water partition coefficient (Wildman–Crippen LogP) is 5.78. The van der Waals surface area contributed by atoms with Crippen molar-refractivity contribution in [3.8, 4) is 16.9 Å². The van der Waals surface area contributed by atoms with E-state index in [0.29, 0.717) is 27.3 Å². The lowest BCUT2D eigenvalue weighted by Crippen LogP contribution is -2.11. The number of esters is 1. The zero-order valence-electron chi connectivity index (χ0n) is 15.2. The Hall–Kier alpha value is -3.44. The number of hydrogen-bond acceptors (Lipinski definition) is 4. The van der Waals surface area contributed by atoms with Gasteiger partial charge in [-0.3, -0.25) is 4.79 Å². The average Bonchev–Trinajstić information content (AvgIpc) is 2.69. The Bertz CT molecular complexity index is 1290. The highest BCUT2D eigenvalue weighted by molar-refractivity contribution is 6.30. The van der Waals surface area contributed by atoms with Crippen LogP contribution in [-0.4, -0.2) is 5.97 Å². The molecule has 0 saturated carbocycles. The topological polar surface area (TPSA) is 56.5 Å². The van der Waals surface area contributed by atoms with Gasteiger partial charge in [-0.2, -0.15) is 0 Å². The summed E-state index contributed by atoms with van der Waals surface area (Å²) in [6.07, 6.45) is 0. The molecule has 4 rings (SSSR count). The maximum atomic E-state index is 13.8. The molecule has 1 aromatic heterocycles. The van der Waals surface area contributed by atoms with Gasteiger partial charge >= 0.3 is 5.97 Å². The molecule has 0 aliphatic heterocycles. The van der Waals surface area contributed by atoms with E-state index in [9.17, 15) is 14.0 Å². The number of carbonyl (C=O) groups excluding carboxylic acids is 1.